The van der Waals surface area contributed by atoms with Crippen molar-refractivity contribution in [2.75, 3.05) is 7.11 Å². The fourth-order valence-electron chi connectivity index (χ4n) is 3.52. The summed E-state index contributed by atoms with van der Waals surface area (Å²) in [5.74, 6) is -1.66. The number of rotatable bonds is 10. The number of hydrogen-bond donors (Lipinski definition) is 4. The topological polar surface area (TPSA) is 131 Å². The molecule has 3 aromatic carbocycles. The van der Waals surface area contributed by atoms with Crippen LogP contribution in [-0.2, 0) is 16.0 Å². The van der Waals surface area contributed by atoms with E-state index in [2.05, 4.69) is 10.6 Å². The van der Waals surface area contributed by atoms with E-state index in [1.54, 1.807) is 78.9 Å². The number of hydrogen-bond acceptors (Lipinski definition) is 5. The molecule has 3 atom stereocenters. The van der Waals surface area contributed by atoms with Crippen molar-refractivity contribution in [3.8, 4) is 5.75 Å². The number of nitrogens with one attached hydrogen (secondary N) is 2. The third-order valence-electron chi connectivity index (χ3n) is 5.38. The third-order valence-corrected chi connectivity index (χ3v) is 5.68. The second-order valence-electron chi connectivity index (χ2n) is 7.81. The number of ether oxygens (including phenoxy) is 1. The van der Waals surface area contributed by atoms with E-state index in [-0.39, 0.29) is 6.42 Å². The first kappa shape index (κ1) is 25.7. The summed E-state index contributed by atoms with van der Waals surface area (Å²) in [5, 5.41) is 16.5. The van der Waals surface area contributed by atoms with Crippen molar-refractivity contribution in [3.63, 3.8) is 0 Å². The van der Waals surface area contributed by atoms with Crippen LogP contribution in [0.1, 0.15) is 27.5 Å². The van der Waals surface area contributed by atoms with Gasteiger partial charge in [-0.25, -0.2) is 0 Å². The van der Waals surface area contributed by atoms with Gasteiger partial charge in [-0.3, -0.25) is 14.4 Å². The van der Waals surface area contributed by atoms with Gasteiger partial charge >= 0.3 is 0 Å². The average Bonchev–Trinajstić information content (AvgIpc) is 2.87. The first-order valence-electron chi connectivity index (χ1n) is 10.8. The summed E-state index contributed by atoms with van der Waals surface area (Å²) < 4.78 is 5.12. The van der Waals surface area contributed by atoms with Crippen LogP contribution in [0.25, 0.3) is 0 Å². The van der Waals surface area contributed by atoms with Gasteiger partial charge in [-0.05, 0) is 35.4 Å². The van der Waals surface area contributed by atoms with E-state index in [1.165, 1.54) is 7.11 Å². The molecule has 0 spiro atoms. The highest BCUT2D eigenvalue weighted by Crippen LogP contribution is 2.25. The van der Waals surface area contributed by atoms with Crippen LogP contribution < -0.4 is 21.1 Å². The molecule has 3 aromatic rings. The lowest BCUT2D eigenvalue weighted by atomic mass is 9.99. The molecule has 3 rings (SSSR count). The van der Waals surface area contributed by atoms with Gasteiger partial charge in [0.05, 0.1) is 18.2 Å². The first-order chi connectivity index (χ1) is 16.8. The Morgan fingerprint density at radius 1 is 0.971 bits per heavy atom. The molecule has 182 valence electrons. The molecular formula is C26H26ClN3O5. The van der Waals surface area contributed by atoms with Gasteiger partial charge in [-0.2, -0.15) is 0 Å². The Morgan fingerprint density at radius 3 is 2.17 bits per heavy atom. The van der Waals surface area contributed by atoms with Crippen LogP contribution in [0.2, 0.25) is 5.02 Å². The van der Waals surface area contributed by atoms with Crippen LogP contribution in [0, 0.1) is 0 Å². The summed E-state index contributed by atoms with van der Waals surface area (Å²) in [5.41, 5.74) is 7.02. The fraction of sp³-hybridized carbons (Fsp3) is 0.192. The number of aliphatic hydroxyl groups excluding tert-OH is 1. The molecule has 0 aliphatic carbocycles. The molecule has 35 heavy (non-hydrogen) atoms. The molecule has 0 aromatic heterocycles. The van der Waals surface area contributed by atoms with E-state index in [4.69, 9.17) is 22.1 Å². The Bertz CT molecular complexity index is 1170. The van der Waals surface area contributed by atoms with Gasteiger partial charge in [0.15, 0.2) is 6.10 Å². The van der Waals surface area contributed by atoms with Crippen LogP contribution in [0.3, 0.4) is 0 Å². The van der Waals surface area contributed by atoms with Gasteiger partial charge in [0.1, 0.15) is 11.8 Å². The van der Waals surface area contributed by atoms with Crippen molar-refractivity contribution in [3.05, 3.63) is 101 Å². The Labute approximate surface area is 208 Å². The van der Waals surface area contributed by atoms with Gasteiger partial charge in [-0.1, -0.05) is 66.2 Å². The normalized spacial score (nSPS) is 13.2. The van der Waals surface area contributed by atoms with Crippen molar-refractivity contribution in [2.24, 2.45) is 5.73 Å². The maximum Gasteiger partial charge on any atom is 0.252 e. The molecule has 0 saturated carbocycles. The van der Waals surface area contributed by atoms with Crippen LogP contribution in [0.4, 0.5) is 0 Å². The lowest BCUT2D eigenvalue weighted by Crippen LogP contribution is -2.52. The van der Waals surface area contributed by atoms with Crippen molar-refractivity contribution in [1.29, 1.82) is 0 Å². The zero-order chi connectivity index (χ0) is 25.4. The van der Waals surface area contributed by atoms with Gasteiger partial charge in [0, 0.05) is 12.0 Å². The quantitative estimate of drug-likeness (QED) is 0.343. The minimum Gasteiger partial charge on any atom is -0.495 e. The maximum atomic E-state index is 13.0. The monoisotopic (exact) mass is 495 g/mol. The average molecular weight is 496 g/mol. The molecule has 9 heteroatoms. The predicted molar refractivity (Wildman–Crippen MR) is 132 cm³/mol. The highest BCUT2D eigenvalue weighted by atomic mass is 35.5. The molecule has 0 saturated heterocycles. The van der Waals surface area contributed by atoms with Crippen LogP contribution in [-0.4, -0.2) is 42.1 Å². The van der Waals surface area contributed by atoms with E-state index >= 15 is 0 Å². The minimum absolute atomic E-state index is 0.0455. The highest BCUT2D eigenvalue weighted by Gasteiger charge is 2.31. The second kappa shape index (κ2) is 12.0. The summed E-state index contributed by atoms with van der Waals surface area (Å²) in [4.78, 5) is 37.8. The van der Waals surface area contributed by atoms with Gasteiger partial charge in [-0.15, -0.1) is 0 Å². The van der Waals surface area contributed by atoms with Gasteiger partial charge in [0.2, 0.25) is 5.91 Å². The Kier molecular flexibility index (Phi) is 8.83. The number of amides is 3. The first-order valence-corrected chi connectivity index (χ1v) is 11.2. The summed E-state index contributed by atoms with van der Waals surface area (Å²) in [7, 11) is 1.48. The largest absolute Gasteiger partial charge is 0.495 e. The third kappa shape index (κ3) is 6.81. The molecule has 0 radical (unpaired) electrons. The van der Waals surface area contributed by atoms with E-state index in [1.807, 2.05) is 0 Å². The summed E-state index contributed by atoms with van der Waals surface area (Å²) in [6.45, 7) is 0. The number of primary amides is 1. The lowest BCUT2D eigenvalue weighted by Gasteiger charge is -2.26. The van der Waals surface area contributed by atoms with Crippen molar-refractivity contribution in [1.82, 2.24) is 10.6 Å². The molecule has 0 heterocycles. The predicted octanol–water partition coefficient (Wildman–Crippen LogP) is 2.39. The summed E-state index contributed by atoms with van der Waals surface area (Å²) in [6, 6.07) is 19.7. The number of benzene rings is 3. The minimum atomic E-state index is -1.70. The van der Waals surface area contributed by atoms with Crippen LogP contribution >= 0.6 is 11.6 Å². The number of carbonyl (C=O) groups is 3. The number of halogens is 1. The standard InChI is InChI=1S/C26H26ClN3O5/c1-35-21-13-12-16(14-19(21)27)15-20(24(28)32)29-26(34)23(31)22(17-8-4-2-5-9-17)30-25(33)18-10-6-3-7-11-18/h2-14,20,22-23,31H,15H2,1H3,(H2,28,32)(H,29,34)(H,30,33)/t20-,22-,23+/m0/s1. The van der Waals surface area contributed by atoms with Crippen molar-refractivity contribution in [2.45, 2.75) is 24.6 Å². The molecular weight excluding hydrogens is 470 g/mol. The molecule has 0 unspecified atom stereocenters. The van der Waals surface area contributed by atoms with Gasteiger partial charge in [0.25, 0.3) is 11.8 Å². The molecule has 0 aliphatic heterocycles. The molecule has 0 bridgehead atoms. The molecule has 8 nitrogen and oxygen atoms in total. The number of methoxy groups -OCH3 is 1. The van der Waals surface area contributed by atoms with Crippen molar-refractivity contribution < 1.29 is 24.2 Å². The Balaban J connectivity index is 1.78. The number of nitrogens with two attached hydrogens (primary N) is 1. The summed E-state index contributed by atoms with van der Waals surface area (Å²) in [6.07, 6.45) is -1.66. The lowest BCUT2D eigenvalue weighted by molar-refractivity contribution is -0.134. The SMILES string of the molecule is COc1ccc(C[C@H](NC(=O)[C@H](O)[C@@H](NC(=O)c2ccccc2)c2ccccc2)C(N)=O)cc1Cl. The highest BCUT2D eigenvalue weighted by molar-refractivity contribution is 6.32. The number of carbonyl (C=O) groups excluding carboxylic acids is 3. The molecule has 5 N–H and O–H groups in total. The molecule has 0 fully saturated rings. The van der Waals surface area contributed by atoms with E-state index in [0.717, 1.165) is 0 Å². The van der Waals surface area contributed by atoms with E-state index in [9.17, 15) is 19.5 Å². The summed E-state index contributed by atoms with van der Waals surface area (Å²) >= 11 is 6.15. The zero-order valence-electron chi connectivity index (χ0n) is 19.0. The van der Waals surface area contributed by atoms with E-state index in [0.29, 0.717) is 27.5 Å². The van der Waals surface area contributed by atoms with Crippen LogP contribution in [0.5, 0.6) is 5.75 Å². The smallest absolute Gasteiger partial charge is 0.252 e. The Morgan fingerprint density at radius 2 is 1.60 bits per heavy atom. The second-order valence-corrected chi connectivity index (χ2v) is 8.22. The van der Waals surface area contributed by atoms with Crippen LogP contribution in [0.15, 0.2) is 78.9 Å². The van der Waals surface area contributed by atoms with Gasteiger partial charge < -0.3 is 26.2 Å². The molecule has 0 aliphatic rings. The Hall–Kier alpha value is -3.88. The fourth-order valence-corrected chi connectivity index (χ4v) is 3.80. The molecule has 3 amide bonds. The van der Waals surface area contributed by atoms with E-state index < -0.39 is 35.9 Å². The maximum absolute atomic E-state index is 13.0. The zero-order valence-corrected chi connectivity index (χ0v) is 19.7. The number of aliphatic hydroxyl groups is 1. The van der Waals surface area contributed by atoms with Crippen molar-refractivity contribution >= 4 is 29.3 Å².